The van der Waals surface area contributed by atoms with Gasteiger partial charge in [0.05, 0.1) is 0 Å². The normalized spacial score (nSPS) is 9.95. The van der Waals surface area contributed by atoms with Gasteiger partial charge in [0.2, 0.25) is 5.91 Å². The number of carbonyl (C=O) groups is 1. The van der Waals surface area contributed by atoms with Crippen molar-refractivity contribution in [3.63, 3.8) is 0 Å². The lowest BCUT2D eigenvalue weighted by atomic mass is 10.3. The Morgan fingerprint density at radius 3 is 2.57 bits per heavy atom. The Hall–Kier alpha value is -2.49. The van der Waals surface area contributed by atoms with E-state index in [2.05, 4.69) is 10.6 Å². The minimum Gasteiger partial charge on any atom is -0.457 e. The molecule has 0 radical (unpaired) electrons. The number of hydrogen-bond donors (Lipinski definition) is 2. The fourth-order valence-corrected chi connectivity index (χ4v) is 1.90. The van der Waals surface area contributed by atoms with E-state index in [-0.39, 0.29) is 5.91 Å². The zero-order chi connectivity index (χ0) is 14.9. The molecule has 21 heavy (non-hydrogen) atoms. The van der Waals surface area contributed by atoms with Crippen LogP contribution in [0, 0.1) is 0 Å². The van der Waals surface area contributed by atoms with Gasteiger partial charge in [-0.3, -0.25) is 4.79 Å². The number of benzene rings is 2. The van der Waals surface area contributed by atoms with Crippen LogP contribution in [0.3, 0.4) is 0 Å². The molecule has 1 amide bonds. The van der Waals surface area contributed by atoms with Crippen molar-refractivity contribution in [3.05, 3.63) is 54.6 Å². The van der Waals surface area contributed by atoms with E-state index in [0.29, 0.717) is 19.5 Å². The molecule has 0 saturated carbocycles. The third-order valence-corrected chi connectivity index (χ3v) is 2.87. The second-order valence-corrected chi connectivity index (χ2v) is 4.57. The zero-order valence-electron chi connectivity index (χ0n) is 12.1. The summed E-state index contributed by atoms with van der Waals surface area (Å²) in [5, 5.41) is 5.99. The van der Waals surface area contributed by atoms with E-state index >= 15 is 0 Å². The molecule has 2 N–H and O–H groups in total. The van der Waals surface area contributed by atoms with Gasteiger partial charge in [0.15, 0.2) is 0 Å². The van der Waals surface area contributed by atoms with Crippen molar-refractivity contribution in [2.45, 2.75) is 13.3 Å². The third kappa shape index (κ3) is 5.18. The Morgan fingerprint density at radius 2 is 1.81 bits per heavy atom. The van der Waals surface area contributed by atoms with Crippen LogP contribution in [0.1, 0.15) is 13.3 Å². The summed E-state index contributed by atoms with van der Waals surface area (Å²) in [6, 6.07) is 17.3. The molecule has 0 saturated heterocycles. The van der Waals surface area contributed by atoms with Crippen LogP contribution in [0.5, 0.6) is 11.5 Å². The number of rotatable bonds is 7. The second kappa shape index (κ2) is 7.94. The number of amides is 1. The van der Waals surface area contributed by atoms with Crippen molar-refractivity contribution in [1.29, 1.82) is 0 Å². The first-order valence-corrected chi connectivity index (χ1v) is 7.11. The van der Waals surface area contributed by atoms with Crippen molar-refractivity contribution < 1.29 is 9.53 Å². The monoisotopic (exact) mass is 284 g/mol. The molecular weight excluding hydrogens is 264 g/mol. The highest BCUT2D eigenvalue weighted by molar-refractivity contribution is 5.76. The maximum atomic E-state index is 11.4. The van der Waals surface area contributed by atoms with Gasteiger partial charge in [-0.1, -0.05) is 24.3 Å². The van der Waals surface area contributed by atoms with E-state index in [0.717, 1.165) is 17.2 Å². The Morgan fingerprint density at radius 1 is 1.05 bits per heavy atom. The van der Waals surface area contributed by atoms with E-state index in [9.17, 15) is 4.79 Å². The summed E-state index contributed by atoms with van der Waals surface area (Å²) < 4.78 is 5.77. The van der Waals surface area contributed by atoms with E-state index in [4.69, 9.17) is 4.74 Å². The van der Waals surface area contributed by atoms with Crippen LogP contribution in [0.4, 0.5) is 5.69 Å². The van der Waals surface area contributed by atoms with Crippen LogP contribution in [0.25, 0.3) is 0 Å². The minimum atomic E-state index is 0.0571. The van der Waals surface area contributed by atoms with Gasteiger partial charge in [-0.25, -0.2) is 0 Å². The van der Waals surface area contributed by atoms with Gasteiger partial charge in [0, 0.05) is 31.3 Å². The molecule has 4 nitrogen and oxygen atoms in total. The highest BCUT2D eigenvalue weighted by atomic mass is 16.5. The molecule has 0 spiro atoms. The van der Waals surface area contributed by atoms with Crippen LogP contribution < -0.4 is 15.4 Å². The maximum Gasteiger partial charge on any atom is 0.221 e. The quantitative estimate of drug-likeness (QED) is 0.819. The van der Waals surface area contributed by atoms with Gasteiger partial charge in [-0.05, 0) is 31.2 Å². The second-order valence-electron chi connectivity index (χ2n) is 4.57. The molecule has 0 aliphatic rings. The number of nitrogens with one attached hydrogen (secondary N) is 2. The molecule has 0 atom stereocenters. The fraction of sp³-hybridized carbons (Fsp3) is 0.235. The van der Waals surface area contributed by atoms with Crippen molar-refractivity contribution in [2.24, 2.45) is 0 Å². The van der Waals surface area contributed by atoms with Crippen molar-refractivity contribution in [1.82, 2.24) is 5.32 Å². The largest absolute Gasteiger partial charge is 0.457 e. The van der Waals surface area contributed by atoms with E-state index in [1.165, 1.54) is 0 Å². The number of ether oxygens (including phenoxy) is 1. The van der Waals surface area contributed by atoms with E-state index < -0.39 is 0 Å². The van der Waals surface area contributed by atoms with Gasteiger partial charge in [0.25, 0.3) is 0 Å². The molecule has 0 unspecified atom stereocenters. The predicted octanol–water partition coefficient (Wildman–Crippen LogP) is 3.42. The first kappa shape index (κ1) is 14.9. The molecule has 2 aromatic carbocycles. The SMILES string of the molecule is CCNC(=O)CCNc1cccc(Oc2ccccc2)c1. The van der Waals surface area contributed by atoms with Gasteiger partial charge >= 0.3 is 0 Å². The minimum absolute atomic E-state index is 0.0571. The average molecular weight is 284 g/mol. The number of anilines is 1. The average Bonchev–Trinajstić information content (AvgIpc) is 2.49. The Kier molecular flexibility index (Phi) is 5.64. The number of para-hydroxylation sites is 1. The van der Waals surface area contributed by atoms with Crippen molar-refractivity contribution in [3.8, 4) is 11.5 Å². The van der Waals surface area contributed by atoms with Crippen molar-refractivity contribution >= 4 is 11.6 Å². The van der Waals surface area contributed by atoms with Gasteiger partial charge in [0.1, 0.15) is 11.5 Å². The molecule has 0 bridgehead atoms. The van der Waals surface area contributed by atoms with Gasteiger partial charge in [-0.15, -0.1) is 0 Å². The van der Waals surface area contributed by atoms with Crippen LogP contribution in [-0.2, 0) is 4.79 Å². The van der Waals surface area contributed by atoms with Crippen LogP contribution >= 0.6 is 0 Å². The lowest BCUT2D eigenvalue weighted by Crippen LogP contribution is -2.24. The Bertz CT molecular complexity index is 570. The molecular formula is C17H20N2O2. The lowest BCUT2D eigenvalue weighted by Gasteiger charge is -2.09. The first-order valence-electron chi connectivity index (χ1n) is 7.11. The third-order valence-electron chi connectivity index (χ3n) is 2.87. The molecule has 0 aliphatic heterocycles. The molecule has 0 fully saturated rings. The first-order chi connectivity index (χ1) is 10.3. The predicted molar refractivity (Wildman–Crippen MR) is 84.7 cm³/mol. The Balaban J connectivity index is 1.87. The number of carbonyl (C=O) groups excluding carboxylic acids is 1. The topological polar surface area (TPSA) is 50.4 Å². The fourth-order valence-electron chi connectivity index (χ4n) is 1.90. The summed E-state index contributed by atoms with van der Waals surface area (Å²) in [6.07, 6.45) is 0.456. The smallest absolute Gasteiger partial charge is 0.221 e. The standard InChI is InChI=1S/C17H20N2O2/c1-2-18-17(20)11-12-19-14-7-6-10-16(13-14)21-15-8-4-3-5-9-15/h3-10,13,19H,2,11-12H2,1H3,(H,18,20). The summed E-state index contributed by atoms with van der Waals surface area (Å²) in [6.45, 7) is 3.18. The van der Waals surface area contributed by atoms with E-state index in [1.807, 2.05) is 61.5 Å². The van der Waals surface area contributed by atoms with Crippen molar-refractivity contribution in [2.75, 3.05) is 18.4 Å². The molecule has 0 aliphatic carbocycles. The van der Waals surface area contributed by atoms with Crippen LogP contribution in [0.2, 0.25) is 0 Å². The highest BCUT2D eigenvalue weighted by Gasteiger charge is 2.01. The van der Waals surface area contributed by atoms with Gasteiger partial charge < -0.3 is 15.4 Å². The number of hydrogen-bond acceptors (Lipinski definition) is 3. The highest BCUT2D eigenvalue weighted by Crippen LogP contribution is 2.23. The summed E-state index contributed by atoms with van der Waals surface area (Å²) in [5.74, 6) is 1.63. The molecule has 2 aromatic rings. The molecule has 0 aromatic heterocycles. The molecule has 110 valence electrons. The Labute approximate surface area is 125 Å². The molecule has 4 heteroatoms. The van der Waals surface area contributed by atoms with Crippen LogP contribution in [0.15, 0.2) is 54.6 Å². The molecule has 2 rings (SSSR count). The summed E-state index contributed by atoms with van der Waals surface area (Å²) >= 11 is 0. The summed E-state index contributed by atoms with van der Waals surface area (Å²) in [5.41, 5.74) is 0.938. The van der Waals surface area contributed by atoms with E-state index in [1.54, 1.807) is 0 Å². The zero-order valence-corrected chi connectivity index (χ0v) is 12.1. The summed E-state index contributed by atoms with van der Waals surface area (Å²) in [7, 11) is 0. The lowest BCUT2D eigenvalue weighted by molar-refractivity contribution is -0.120. The van der Waals surface area contributed by atoms with Gasteiger partial charge in [-0.2, -0.15) is 0 Å². The summed E-state index contributed by atoms with van der Waals surface area (Å²) in [4.78, 5) is 11.4. The maximum absolute atomic E-state index is 11.4. The molecule has 0 heterocycles. The van der Waals surface area contributed by atoms with Crippen LogP contribution in [-0.4, -0.2) is 19.0 Å².